The Labute approximate surface area is 185 Å². The van der Waals surface area contributed by atoms with Crippen molar-refractivity contribution >= 4 is 16.6 Å². The highest BCUT2D eigenvalue weighted by Gasteiger charge is 2.15. The van der Waals surface area contributed by atoms with Crippen LogP contribution in [-0.2, 0) is 13.0 Å². The van der Waals surface area contributed by atoms with E-state index in [1.807, 2.05) is 55.5 Å². The van der Waals surface area contributed by atoms with E-state index >= 15 is 0 Å². The van der Waals surface area contributed by atoms with E-state index in [0.29, 0.717) is 24.3 Å². The summed E-state index contributed by atoms with van der Waals surface area (Å²) in [4.78, 5) is 28.6. The average Bonchev–Trinajstić information content (AvgIpc) is 2.82. The predicted molar refractivity (Wildman–Crippen MR) is 124 cm³/mol. The molecule has 3 aromatic carbocycles. The summed E-state index contributed by atoms with van der Waals surface area (Å²) < 4.78 is 7.07. The number of hydrogen-bond donors (Lipinski definition) is 0. The molecule has 0 aliphatic carbocycles. The SMILES string of the molecule is CCCc1nc2ccc([N+](=O)[O-])cc2c(=O)n1Cc1ccc(-c2ccccc2OC)cc1. The van der Waals surface area contributed by atoms with Gasteiger partial charge in [0.15, 0.2) is 0 Å². The van der Waals surface area contributed by atoms with E-state index in [1.54, 1.807) is 17.7 Å². The minimum atomic E-state index is -0.500. The van der Waals surface area contributed by atoms with Crippen molar-refractivity contribution in [2.75, 3.05) is 7.11 Å². The second-order valence-electron chi connectivity index (χ2n) is 7.53. The molecule has 1 aromatic heterocycles. The number of hydrogen-bond acceptors (Lipinski definition) is 5. The van der Waals surface area contributed by atoms with Crippen LogP contribution in [0, 0.1) is 10.1 Å². The van der Waals surface area contributed by atoms with Crippen molar-refractivity contribution in [1.82, 2.24) is 9.55 Å². The molecule has 0 saturated heterocycles. The maximum atomic E-state index is 13.3. The summed E-state index contributed by atoms with van der Waals surface area (Å²) in [6.07, 6.45) is 1.47. The van der Waals surface area contributed by atoms with E-state index in [0.717, 1.165) is 28.9 Å². The normalized spacial score (nSPS) is 10.9. The Morgan fingerprint density at radius 3 is 2.50 bits per heavy atom. The summed E-state index contributed by atoms with van der Waals surface area (Å²) in [6.45, 7) is 2.37. The molecule has 0 N–H and O–H groups in total. The van der Waals surface area contributed by atoms with Gasteiger partial charge in [-0.1, -0.05) is 49.4 Å². The molecule has 4 rings (SSSR count). The van der Waals surface area contributed by atoms with Gasteiger partial charge < -0.3 is 4.74 Å². The van der Waals surface area contributed by atoms with Crippen LogP contribution in [0.25, 0.3) is 22.0 Å². The lowest BCUT2D eigenvalue weighted by atomic mass is 10.0. The summed E-state index contributed by atoms with van der Waals surface area (Å²) in [7, 11) is 1.64. The zero-order valence-electron chi connectivity index (χ0n) is 17.9. The molecule has 4 aromatic rings. The molecule has 0 fully saturated rings. The van der Waals surface area contributed by atoms with Crippen molar-refractivity contribution < 1.29 is 9.66 Å². The summed E-state index contributed by atoms with van der Waals surface area (Å²) in [5.41, 5.74) is 3.04. The first-order valence-corrected chi connectivity index (χ1v) is 10.4. The van der Waals surface area contributed by atoms with Crippen LogP contribution < -0.4 is 10.3 Å². The van der Waals surface area contributed by atoms with Gasteiger partial charge in [-0.3, -0.25) is 19.5 Å². The van der Waals surface area contributed by atoms with Gasteiger partial charge in [0.05, 0.1) is 29.5 Å². The number of nitrogens with zero attached hydrogens (tertiary/aromatic N) is 3. The maximum Gasteiger partial charge on any atom is 0.270 e. The first-order valence-electron chi connectivity index (χ1n) is 10.4. The van der Waals surface area contributed by atoms with Crippen molar-refractivity contribution in [2.45, 2.75) is 26.3 Å². The molecule has 0 bridgehead atoms. The topological polar surface area (TPSA) is 87.3 Å². The van der Waals surface area contributed by atoms with E-state index in [2.05, 4.69) is 4.98 Å². The fourth-order valence-corrected chi connectivity index (χ4v) is 3.80. The van der Waals surface area contributed by atoms with Crippen LogP contribution in [0.3, 0.4) is 0 Å². The number of aryl methyl sites for hydroxylation is 1. The molecule has 1 heterocycles. The second kappa shape index (κ2) is 9.01. The molecular formula is C25H23N3O4. The van der Waals surface area contributed by atoms with Crippen molar-refractivity contribution in [3.05, 3.63) is 98.6 Å². The molecule has 162 valence electrons. The van der Waals surface area contributed by atoms with E-state index in [9.17, 15) is 14.9 Å². The highest BCUT2D eigenvalue weighted by molar-refractivity contribution is 5.80. The van der Waals surface area contributed by atoms with Gasteiger partial charge in [0.25, 0.3) is 11.2 Å². The molecule has 0 radical (unpaired) electrons. The first-order chi connectivity index (χ1) is 15.5. The zero-order valence-corrected chi connectivity index (χ0v) is 17.9. The monoisotopic (exact) mass is 429 g/mol. The summed E-state index contributed by atoms with van der Waals surface area (Å²) in [5, 5.41) is 11.4. The number of methoxy groups -OCH3 is 1. The van der Waals surface area contributed by atoms with Gasteiger partial charge >= 0.3 is 0 Å². The Morgan fingerprint density at radius 1 is 1.06 bits per heavy atom. The van der Waals surface area contributed by atoms with Gasteiger partial charge in [0.2, 0.25) is 0 Å². The molecule has 0 spiro atoms. The number of benzene rings is 3. The summed E-state index contributed by atoms with van der Waals surface area (Å²) >= 11 is 0. The number of ether oxygens (including phenoxy) is 1. The fraction of sp³-hybridized carbons (Fsp3) is 0.200. The smallest absolute Gasteiger partial charge is 0.270 e. The largest absolute Gasteiger partial charge is 0.496 e. The van der Waals surface area contributed by atoms with E-state index in [4.69, 9.17) is 4.74 Å². The molecule has 7 heteroatoms. The number of fused-ring (bicyclic) bond motifs is 1. The standard InChI is InChI=1S/C25H23N3O4/c1-3-6-24-26-22-14-13-19(28(30)31)15-21(22)25(29)27(24)16-17-9-11-18(12-10-17)20-7-4-5-8-23(20)32-2/h4-5,7-15H,3,6,16H2,1-2H3. The number of non-ortho nitro benzene ring substituents is 1. The molecule has 32 heavy (non-hydrogen) atoms. The molecule has 0 amide bonds. The van der Waals surface area contributed by atoms with Crippen molar-refractivity contribution in [3.63, 3.8) is 0 Å². The number of para-hydroxylation sites is 1. The van der Waals surface area contributed by atoms with Crippen LogP contribution in [0.15, 0.2) is 71.5 Å². The lowest BCUT2D eigenvalue weighted by Gasteiger charge is -2.14. The zero-order chi connectivity index (χ0) is 22.7. The fourth-order valence-electron chi connectivity index (χ4n) is 3.80. The van der Waals surface area contributed by atoms with Gasteiger partial charge in [-0.05, 0) is 29.7 Å². The summed E-state index contributed by atoms with van der Waals surface area (Å²) in [5.74, 6) is 1.47. The maximum absolute atomic E-state index is 13.3. The van der Waals surface area contributed by atoms with Crippen molar-refractivity contribution in [3.8, 4) is 16.9 Å². The Morgan fingerprint density at radius 2 is 1.81 bits per heavy atom. The molecular weight excluding hydrogens is 406 g/mol. The molecule has 0 atom stereocenters. The van der Waals surface area contributed by atoms with Crippen LogP contribution in [0.5, 0.6) is 5.75 Å². The van der Waals surface area contributed by atoms with Crippen LogP contribution in [0.4, 0.5) is 5.69 Å². The number of nitro benzene ring substituents is 1. The molecule has 7 nitrogen and oxygen atoms in total. The minimum absolute atomic E-state index is 0.118. The molecule has 0 unspecified atom stereocenters. The lowest BCUT2D eigenvalue weighted by molar-refractivity contribution is -0.384. The second-order valence-corrected chi connectivity index (χ2v) is 7.53. The van der Waals surface area contributed by atoms with Gasteiger partial charge in [-0.25, -0.2) is 4.98 Å². The third-order valence-corrected chi connectivity index (χ3v) is 5.41. The first kappa shape index (κ1) is 21.2. The predicted octanol–water partition coefficient (Wildman–Crippen LogP) is 4.98. The van der Waals surface area contributed by atoms with E-state index in [1.165, 1.54) is 12.1 Å². The van der Waals surface area contributed by atoms with Crippen molar-refractivity contribution in [2.24, 2.45) is 0 Å². The quantitative estimate of drug-likeness (QED) is 0.305. The van der Waals surface area contributed by atoms with Gasteiger partial charge in [-0.2, -0.15) is 0 Å². The highest BCUT2D eigenvalue weighted by atomic mass is 16.6. The van der Waals surface area contributed by atoms with Crippen LogP contribution in [0.2, 0.25) is 0 Å². The summed E-state index contributed by atoms with van der Waals surface area (Å²) in [6, 6.07) is 20.0. The van der Waals surface area contributed by atoms with Gasteiger partial charge in [-0.15, -0.1) is 0 Å². The average molecular weight is 429 g/mol. The van der Waals surface area contributed by atoms with E-state index in [-0.39, 0.29) is 16.6 Å². The molecule has 0 aliphatic heterocycles. The Hall–Kier alpha value is -4.00. The minimum Gasteiger partial charge on any atom is -0.496 e. The van der Waals surface area contributed by atoms with E-state index < -0.39 is 4.92 Å². The number of rotatable bonds is 7. The van der Waals surface area contributed by atoms with Crippen LogP contribution in [-0.4, -0.2) is 21.6 Å². The molecule has 0 aliphatic rings. The lowest BCUT2D eigenvalue weighted by Crippen LogP contribution is -2.26. The van der Waals surface area contributed by atoms with Crippen LogP contribution in [0.1, 0.15) is 24.7 Å². The van der Waals surface area contributed by atoms with Crippen LogP contribution >= 0.6 is 0 Å². The Bertz CT molecular complexity index is 1340. The number of nitro groups is 1. The third-order valence-electron chi connectivity index (χ3n) is 5.41. The van der Waals surface area contributed by atoms with Gasteiger partial charge in [0.1, 0.15) is 11.6 Å². The Kier molecular flexibility index (Phi) is 5.98. The van der Waals surface area contributed by atoms with Crippen molar-refractivity contribution in [1.29, 1.82) is 0 Å². The molecule has 0 saturated carbocycles. The van der Waals surface area contributed by atoms with Gasteiger partial charge in [0, 0.05) is 24.1 Å². The Balaban J connectivity index is 1.74. The highest BCUT2D eigenvalue weighted by Crippen LogP contribution is 2.29. The third kappa shape index (κ3) is 4.09. The number of aromatic nitrogens is 2.